The van der Waals surface area contributed by atoms with Crippen molar-refractivity contribution in [2.75, 3.05) is 0 Å². The predicted octanol–water partition coefficient (Wildman–Crippen LogP) is 9.34. The highest BCUT2D eigenvalue weighted by Crippen LogP contribution is 2.76. The Morgan fingerprint density at radius 2 is 1.63 bits per heavy atom. The number of hydrogen-bond donors (Lipinski definition) is 2. The second-order valence-corrected chi connectivity index (χ2v) is 19.3. The number of Topliss-reactive ketones (excluding diaryl/α,β-unsaturated/α-hetero) is 1. The minimum Gasteiger partial charge on any atom is -0.462 e. The summed E-state index contributed by atoms with van der Waals surface area (Å²) in [5.74, 6) is 1.91. The van der Waals surface area contributed by atoms with Crippen molar-refractivity contribution in [1.29, 1.82) is 0 Å². The number of esters is 1. The van der Waals surface area contributed by atoms with Gasteiger partial charge in [0.05, 0.1) is 22.8 Å². The average molecular weight is 696 g/mol. The number of aromatic nitrogens is 2. The van der Waals surface area contributed by atoms with Gasteiger partial charge in [-0.2, -0.15) is 0 Å². The summed E-state index contributed by atoms with van der Waals surface area (Å²) in [5.41, 5.74) is 2.53. The molecule has 0 saturated heterocycles. The number of ether oxygens (including phenoxy) is 1. The van der Waals surface area contributed by atoms with Crippen molar-refractivity contribution in [3.63, 3.8) is 0 Å². The number of carbonyl (C=O) groups is 3. The maximum absolute atomic E-state index is 15.0. The summed E-state index contributed by atoms with van der Waals surface area (Å²) in [6.07, 6.45) is 9.98. The lowest BCUT2D eigenvalue weighted by Crippen LogP contribution is -2.66. The van der Waals surface area contributed by atoms with Gasteiger partial charge in [-0.05, 0) is 122 Å². The molecule has 7 nitrogen and oxygen atoms in total. The number of rotatable bonds is 6. The van der Waals surface area contributed by atoms with Crippen molar-refractivity contribution in [3.8, 4) is 11.3 Å². The van der Waals surface area contributed by atoms with Crippen LogP contribution in [-0.4, -0.2) is 33.7 Å². The van der Waals surface area contributed by atoms with E-state index in [9.17, 15) is 14.4 Å². The van der Waals surface area contributed by atoms with Gasteiger partial charge in [-0.15, -0.1) is 0 Å². The highest BCUT2D eigenvalue weighted by Gasteiger charge is 2.71. The number of fused-ring (bicyclic) bond motifs is 7. The quantitative estimate of drug-likeness (QED) is 0.294. The zero-order valence-electron chi connectivity index (χ0n) is 32.8. The average Bonchev–Trinajstić information content (AvgIpc) is 3.67. The number of imidazole rings is 1. The van der Waals surface area contributed by atoms with Crippen LogP contribution >= 0.6 is 0 Å². The summed E-state index contributed by atoms with van der Waals surface area (Å²) in [5, 5.41) is 3.44. The molecule has 1 aromatic heterocycles. The molecule has 8 atom stereocenters. The smallest absolute Gasteiger partial charge is 0.302 e. The SMILES string of the molecule is CC(=O)OC1CCC2(C)C(CCC3(C)C2CCC2C4=C(C(C)C)C(=O)CC4(C(=O)NC(C)(C)c4ncc(-c5ccccc5)[nH]4)CCC23C)C1(C)C. The molecule has 0 bridgehead atoms. The van der Waals surface area contributed by atoms with E-state index in [1.807, 2.05) is 50.4 Å². The molecule has 5 aliphatic carbocycles. The molecule has 7 rings (SSSR count). The normalized spacial score (nSPS) is 37.3. The molecule has 1 amide bonds. The molecular weight excluding hydrogens is 635 g/mol. The van der Waals surface area contributed by atoms with Gasteiger partial charge in [0.1, 0.15) is 11.9 Å². The van der Waals surface area contributed by atoms with Crippen molar-refractivity contribution in [3.05, 3.63) is 53.5 Å². The van der Waals surface area contributed by atoms with Crippen LogP contribution in [0.3, 0.4) is 0 Å². The Morgan fingerprint density at radius 3 is 2.29 bits per heavy atom. The minimum atomic E-state index is -0.832. The van der Waals surface area contributed by atoms with Crippen LogP contribution in [0.4, 0.5) is 0 Å². The van der Waals surface area contributed by atoms with E-state index in [-0.39, 0.29) is 63.7 Å². The monoisotopic (exact) mass is 695 g/mol. The molecule has 51 heavy (non-hydrogen) atoms. The van der Waals surface area contributed by atoms with Gasteiger partial charge in [0, 0.05) is 18.8 Å². The second-order valence-electron chi connectivity index (χ2n) is 19.3. The maximum atomic E-state index is 15.0. The highest BCUT2D eigenvalue weighted by molar-refractivity contribution is 6.07. The van der Waals surface area contributed by atoms with Gasteiger partial charge in [0.2, 0.25) is 5.91 Å². The number of ketones is 1. The lowest BCUT2D eigenvalue weighted by atomic mass is 9.33. The highest BCUT2D eigenvalue weighted by atomic mass is 16.5. The summed E-state index contributed by atoms with van der Waals surface area (Å²) in [6.45, 7) is 22.2. The van der Waals surface area contributed by atoms with E-state index in [2.05, 4.69) is 58.8 Å². The first kappa shape index (κ1) is 36.2. The molecular formula is C44H61N3O4. The zero-order valence-corrected chi connectivity index (χ0v) is 32.8. The third kappa shape index (κ3) is 5.16. The molecule has 0 spiro atoms. The first-order valence-electron chi connectivity index (χ1n) is 19.7. The summed E-state index contributed by atoms with van der Waals surface area (Å²) < 4.78 is 5.96. The summed E-state index contributed by atoms with van der Waals surface area (Å²) in [6, 6.07) is 10.1. The molecule has 276 valence electrons. The summed E-state index contributed by atoms with van der Waals surface area (Å²) in [4.78, 5) is 49.4. The molecule has 2 N–H and O–H groups in total. The van der Waals surface area contributed by atoms with Gasteiger partial charge in [0.15, 0.2) is 5.78 Å². The zero-order chi connectivity index (χ0) is 36.9. The molecule has 2 aromatic rings. The number of hydrogen-bond acceptors (Lipinski definition) is 5. The Kier molecular flexibility index (Phi) is 8.43. The fourth-order valence-corrected chi connectivity index (χ4v) is 13.1. The molecule has 4 fully saturated rings. The van der Waals surface area contributed by atoms with E-state index < -0.39 is 11.0 Å². The van der Waals surface area contributed by atoms with Gasteiger partial charge < -0.3 is 15.0 Å². The third-order valence-electron chi connectivity index (χ3n) is 15.8. The number of nitrogens with one attached hydrogen (secondary N) is 2. The standard InChI is InChI=1S/C44H61N3O4/c1-26(2)35-31(49)24-44(38(50)47-40(6,7)37-45-25-30(46-37)28-14-12-11-13-15-28)23-22-42(9)29(36(35)44)16-17-33-41(8)20-19-34(51-27(3)48)39(4,5)32(41)18-21-43(33,42)10/h11-15,25-26,29,32-34H,16-24H2,1-10H3,(H,45,46)(H,47,50). The molecule has 0 radical (unpaired) electrons. The van der Waals surface area contributed by atoms with Crippen LogP contribution in [0.5, 0.6) is 0 Å². The van der Waals surface area contributed by atoms with E-state index >= 15 is 0 Å². The summed E-state index contributed by atoms with van der Waals surface area (Å²) >= 11 is 0. The lowest BCUT2D eigenvalue weighted by molar-refractivity contribution is -0.232. The van der Waals surface area contributed by atoms with Gasteiger partial charge >= 0.3 is 5.97 Å². The van der Waals surface area contributed by atoms with Crippen LogP contribution in [0.25, 0.3) is 11.3 Å². The molecule has 0 aliphatic heterocycles. The van der Waals surface area contributed by atoms with Crippen molar-refractivity contribution >= 4 is 17.7 Å². The van der Waals surface area contributed by atoms with Gasteiger partial charge in [-0.25, -0.2) is 4.98 Å². The lowest BCUT2D eigenvalue weighted by Gasteiger charge is -2.72. The number of benzene rings is 1. The molecule has 5 aliphatic rings. The largest absolute Gasteiger partial charge is 0.462 e. The van der Waals surface area contributed by atoms with Crippen LogP contribution in [-0.2, 0) is 24.7 Å². The number of amides is 1. The fourth-order valence-electron chi connectivity index (χ4n) is 13.1. The van der Waals surface area contributed by atoms with Crippen molar-refractivity contribution < 1.29 is 19.1 Å². The van der Waals surface area contributed by atoms with Crippen molar-refractivity contribution in [2.45, 2.75) is 139 Å². The minimum absolute atomic E-state index is 0.0281. The summed E-state index contributed by atoms with van der Waals surface area (Å²) in [7, 11) is 0. The van der Waals surface area contributed by atoms with Gasteiger partial charge in [-0.1, -0.05) is 78.8 Å². The van der Waals surface area contributed by atoms with E-state index in [1.165, 1.54) is 5.57 Å². The third-order valence-corrected chi connectivity index (χ3v) is 15.8. The predicted molar refractivity (Wildman–Crippen MR) is 200 cm³/mol. The van der Waals surface area contributed by atoms with Crippen molar-refractivity contribution in [2.24, 2.45) is 50.7 Å². The topological polar surface area (TPSA) is 101 Å². The first-order chi connectivity index (χ1) is 23.8. The first-order valence-corrected chi connectivity index (χ1v) is 19.7. The molecule has 1 aromatic carbocycles. The molecule has 1 heterocycles. The molecule has 8 unspecified atom stereocenters. The number of nitrogens with zero attached hydrogens (tertiary/aromatic N) is 1. The van der Waals surface area contributed by atoms with E-state index in [0.717, 1.165) is 61.8 Å². The second kappa shape index (κ2) is 11.9. The number of allylic oxidation sites excluding steroid dienone is 1. The van der Waals surface area contributed by atoms with E-state index in [0.29, 0.717) is 24.1 Å². The number of H-pyrrole nitrogens is 1. The van der Waals surface area contributed by atoms with Gasteiger partial charge in [0.25, 0.3) is 0 Å². The Balaban J connectivity index is 1.22. The van der Waals surface area contributed by atoms with Crippen LogP contribution in [0.2, 0.25) is 0 Å². The van der Waals surface area contributed by atoms with Crippen LogP contribution in [0, 0.1) is 50.7 Å². The Bertz CT molecular complexity index is 1770. The number of aromatic amines is 1. The van der Waals surface area contributed by atoms with Crippen LogP contribution in [0.15, 0.2) is 47.7 Å². The molecule has 7 heteroatoms. The molecule has 4 saturated carbocycles. The number of carbonyl (C=O) groups excluding carboxylic acids is 3. The van der Waals surface area contributed by atoms with Crippen molar-refractivity contribution in [1.82, 2.24) is 15.3 Å². The maximum Gasteiger partial charge on any atom is 0.302 e. The fraction of sp³-hybridized carbons (Fsp3) is 0.682. The Labute approximate surface area is 305 Å². The Hall–Kier alpha value is -3.22. The van der Waals surface area contributed by atoms with E-state index in [1.54, 1.807) is 6.92 Å². The van der Waals surface area contributed by atoms with Gasteiger partial charge in [-0.3, -0.25) is 14.4 Å². The Morgan fingerprint density at radius 1 is 0.922 bits per heavy atom. The van der Waals surface area contributed by atoms with E-state index in [4.69, 9.17) is 9.72 Å². The van der Waals surface area contributed by atoms with Crippen LogP contribution in [0.1, 0.15) is 133 Å². The van der Waals surface area contributed by atoms with Crippen LogP contribution < -0.4 is 5.32 Å².